The molecule has 3 heteroatoms. The minimum atomic E-state index is -0.201. The predicted octanol–water partition coefficient (Wildman–Crippen LogP) is 1.48. The van der Waals surface area contributed by atoms with E-state index in [0.717, 1.165) is 32.7 Å². The second-order valence-electron chi connectivity index (χ2n) is 6.94. The Morgan fingerprint density at radius 2 is 1.74 bits per heavy atom. The molecule has 19 heavy (non-hydrogen) atoms. The summed E-state index contributed by atoms with van der Waals surface area (Å²) in [5.41, 5.74) is 1.30. The van der Waals surface area contributed by atoms with E-state index in [-0.39, 0.29) is 16.9 Å². The quantitative estimate of drug-likeness (QED) is 0.845. The average Bonchev–Trinajstić information content (AvgIpc) is 2.35. The maximum absolute atomic E-state index is 10.6. The van der Waals surface area contributed by atoms with E-state index in [4.69, 9.17) is 0 Å². The SMILES string of the molecule is C[C@]12CNC[C@](C)(CN(Cc3ccccc3)C1)C2O. The molecule has 3 nitrogen and oxygen atoms in total. The summed E-state index contributed by atoms with van der Waals surface area (Å²) in [7, 11) is 0. The van der Waals surface area contributed by atoms with Crippen molar-refractivity contribution in [1.82, 2.24) is 10.2 Å². The van der Waals surface area contributed by atoms with Gasteiger partial charge in [-0.2, -0.15) is 0 Å². The van der Waals surface area contributed by atoms with Gasteiger partial charge >= 0.3 is 0 Å². The van der Waals surface area contributed by atoms with Crippen LogP contribution >= 0.6 is 0 Å². The van der Waals surface area contributed by atoms with Crippen LogP contribution in [0.2, 0.25) is 0 Å². The highest BCUT2D eigenvalue weighted by Crippen LogP contribution is 2.43. The lowest BCUT2D eigenvalue weighted by Gasteiger charge is -2.57. The molecule has 0 aromatic heterocycles. The summed E-state index contributed by atoms with van der Waals surface area (Å²) in [6, 6.07) is 10.6. The van der Waals surface area contributed by atoms with E-state index in [1.54, 1.807) is 0 Å². The largest absolute Gasteiger partial charge is 0.392 e. The summed E-state index contributed by atoms with van der Waals surface area (Å²) < 4.78 is 0. The summed E-state index contributed by atoms with van der Waals surface area (Å²) in [5.74, 6) is 0. The molecule has 2 N–H and O–H groups in total. The zero-order valence-electron chi connectivity index (χ0n) is 11.9. The molecule has 0 radical (unpaired) electrons. The number of likely N-dealkylation sites (tertiary alicyclic amines) is 1. The van der Waals surface area contributed by atoms with Crippen LogP contribution in [0, 0.1) is 10.8 Å². The monoisotopic (exact) mass is 260 g/mol. The van der Waals surface area contributed by atoms with Gasteiger partial charge < -0.3 is 10.4 Å². The number of rotatable bonds is 2. The first-order valence-electron chi connectivity index (χ1n) is 7.17. The van der Waals surface area contributed by atoms with Gasteiger partial charge in [-0.3, -0.25) is 4.90 Å². The van der Waals surface area contributed by atoms with E-state index >= 15 is 0 Å². The number of nitrogens with zero attached hydrogens (tertiary/aromatic N) is 1. The van der Waals surface area contributed by atoms with Gasteiger partial charge in [0.25, 0.3) is 0 Å². The van der Waals surface area contributed by atoms with E-state index in [1.165, 1.54) is 5.56 Å². The molecule has 3 rings (SSSR count). The van der Waals surface area contributed by atoms with Gasteiger partial charge in [-0.25, -0.2) is 0 Å². The van der Waals surface area contributed by atoms with Crippen LogP contribution in [0.15, 0.2) is 30.3 Å². The van der Waals surface area contributed by atoms with Gasteiger partial charge in [0.2, 0.25) is 0 Å². The minimum Gasteiger partial charge on any atom is -0.392 e. The molecule has 2 aliphatic heterocycles. The lowest BCUT2D eigenvalue weighted by molar-refractivity contribution is -0.143. The van der Waals surface area contributed by atoms with Crippen molar-refractivity contribution in [1.29, 1.82) is 0 Å². The Morgan fingerprint density at radius 3 is 2.32 bits per heavy atom. The molecule has 0 saturated carbocycles. The number of piperidine rings is 2. The third kappa shape index (κ3) is 2.31. The molecule has 1 unspecified atom stereocenters. The second-order valence-corrected chi connectivity index (χ2v) is 6.94. The first-order chi connectivity index (χ1) is 9.02. The maximum Gasteiger partial charge on any atom is 0.0696 e. The highest BCUT2D eigenvalue weighted by Gasteiger charge is 2.53. The van der Waals surface area contributed by atoms with Crippen LogP contribution in [0.5, 0.6) is 0 Å². The normalized spacial score (nSPS) is 39.2. The van der Waals surface area contributed by atoms with E-state index < -0.39 is 0 Å². The van der Waals surface area contributed by atoms with Crippen LogP contribution in [0.1, 0.15) is 19.4 Å². The summed E-state index contributed by atoms with van der Waals surface area (Å²) in [6.07, 6.45) is -0.201. The van der Waals surface area contributed by atoms with Gasteiger partial charge in [-0.05, 0) is 5.56 Å². The molecule has 2 bridgehead atoms. The summed E-state index contributed by atoms with van der Waals surface area (Å²) in [5, 5.41) is 14.1. The van der Waals surface area contributed by atoms with Crippen LogP contribution in [-0.4, -0.2) is 42.3 Å². The smallest absolute Gasteiger partial charge is 0.0696 e. The molecule has 1 aromatic carbocycles. The van der Waals surface area contributed by atoms with E-state index in [9.17, 15) is 5.11 Å². The third-order valence-corrected chi connectivity index (χ3v) is 4.80. The Kier molecular flexibility index (Phi) is 3.16. The van der Waals surface area contributed by atoms with Crippen molar-refractivity contribution in [3.8, 4) is 0 Å². The second kappa shape index (κ2) is 4.58. The minimum absolute atomic E-state index is 0.0277. The Bertz CT molecular complexity index is 429. The molecule has 2 fully saturated rings. The Hall–Kier alpha value is -0.900. The fraction of sp³-hybridized carbons (Fsp3) is 0.625. The van der Waals surface area contributed by atoms with Gasteiger partial charge in [0.1, 0.15) is 0 Å². The number of nitrogens with one attached hydrogen (secondary N) is 1. The van der Waals surface area contributed by atoms with Crippen LogP contribution in [-0.2, 0) is 6.54 Å². The zero-order valence-corrected chi connectivity index (χ0v) is 11.9. The standard InChI is InChI=1S/C16H24N2O/c1-15-9-17-10-16(2,14(15)19)12-18(11-15)8-13-6-4-3-5-7-13/h3-7,14,17,19H,8-12H2,1-2H3/t14?,15-,16+. The van der Waals surface area contributed by atoms with Crippen molar-refractivity contribution in [2.45, 2.75) is 26.5 Å². The summed E-state index contributed by atoms with van der Waals surface area (Å²) in [6.45, 7) is 9.15. The van der Waals surface area contributed by atoms with Crippen molar-refractivity contribution in [3.05, 3.63) is 35.9 Å². The Labute approximate surface area is 115 Å². The third-order valence-electron chi connectivity index (χ3n) is 4.80. The fourth-order valence-electron chi connectivity index (χ4n) is 3.98. The highest BCUT2D eigenvalue weighted by molar-refractivity contribution is 5.16. The van der Waals surface area contributed by atoms with Gasteiger partial charge in [0.05, 0.1) is 6.10 Å². The average molecular weight is 260 g/mol. The molecule has 0 spiro atoms. The molecular formula is C16H24N2O. The van der Waals surface area contributed by atoms with Crippen LogP contribution in [0.25, 0.3) is 0 Å². The fourth-order valence-corrected chi connectivity index (χ4v) is 3.98. The zero-order chi connectivity index (χ0) is 13.5. The number of benzene rings is 1. The topological polar surface area (TPSA) is 35.5 Å². The number of aliphatic hydroxyl groups is 1. The lowest BCUT2D eigenvalue weighted by atomic mass is 9.63. The molecule has 104 valence electrons. The number of hydrogen-bond acceptors (Lipinski definition) is 3. The summed E-state index contributed by atoms with van der Waals surface area (Å²) >= 11 is 0. The lowest BCUT2D eigenvalue weighted by Crippen LogP contribution is -2.69. The van der Waals surface area contributed by atoms with Crippen LogP contribution in [0.3, 0.4) is 0 Å². The molecule has 0 amide bonds. The first-order valence-corrected chi connectivity index (χ1v) is 7.17. The molecule has 2 aliphatic rings. The van der Waals surface area contributed by atoms with Crippen molar-refractivity contribution in [2.24, 2.45) is 10.8 Å². The van der Waals surface area contributed by atoms with E-state index in [0.29, 0.717) is 0 Å². The molecule has 0 aliphatic carbocycles. The van der Waals surface area contributed by atoms with Gasteiger partial charge in [-0.1, -0.05) is 44.2 Å². The van der Waals surface area contributed by atoms with Crippen molar-refractivity contribution < 1.29 is 5.11 Å². The van der Waals surface area contributed by atoms with Gasteiger partial charge in [0, 0.05) is 43.6 Å². The Morgan fingerprint density at radius 1 is 1.16 bits per heavy atom. The van der Waals surface area contributed by atoms with E-state index in [2.05, 4.69) is 54.4 Å². The predicted molar refractivity (Wildman–Crippen MR) is 76.8 cm³/mol. The van der Waals surface area contributed by atoms with Gasteiger partial charge in [0.15, 0.2) is 0 Å². The van der Waals surface area contributed by atoms with E-state index in [1.807, 2.05) is 0 Å². The summed E-state index contributed by atoms with van der Waals surface area (Å²) in [4.78, 5) is 2.50. The number of aliphatic hydroxyl groups excluding tert-OH is 1. The highest BCUT2D eigenvalue weighted by atomic mass is 16.3. The van der Waals surface area contributed by atoms with Crippen molar-refractivity contribution in [2.75, 3.05) is 26.2 Å². The molecule has 2 saturated heterocycles. The van der Waals surface area contributed by atoms with Crippen molar-refractivity contribution >= 4 is 0 Å². The van der Waals surface area contributed by atoms with Crippen molar-refractivity contribution in [3.63, 3.8) is 0 Å². The van der Waals surface area contributed by atoms with Gasteiger partial charge in [-0.15, -0.1) is 0 Å². The molecular weight excluding hydrogens is 236 g/mol. The molecule has 2 heterocycles. The molecule has 3 atom stereocenters. The van der Waals surface area contributed by atoms with Crippen LogP contribution in [0.4, 0.5) is 0 Å². The first kappa shape index (κ1) is 13.1. The number of hydrogen-bond donors (Lipinski definition) is 2. The Balaban J connectivity index is 1.79. The van der Waals surface area contributed by atoms with Crippen LogP contribution < -0.4 is 5.32 Å². The maximum atomic E-state index is 10.6. The number of fused-ring (bicyclic) bond motifs is 2. The molecule has 1 aromatic rings.